The van der Waals surface area contributed by atoms with Gasteiger partial charge in [0.25, 0.3) is 0 Å². The molecule has 14 heavy (non-hydrogen) atoms. The van der Waals surface area contributed by atoms with E-state index in [4.69, 9.17) is 0 Å². The molecule has 1 aliphatic heterocycles. The summed E-state index contributed by atoms with van der Waals surface area (Å²) >= 11 is 3.43. The molecule has 2 heterocycles. The highest BCUT2D eigenvalue weighted by molar-refractivity contribution is 9.10. The molecule has 76 valence electrons. The Morgan fingerprint density at radius 2 is 2.21 bits per heavy atom. The van der Waals surface area contributed by atoms with Crippen molar-refractivity contribution in [2.45, 2.75) is 18.9 Å². The van der Waals surface area contributed by atoms with Crippen LogP contribution < -0.4 is 10.6 Å². The van der Waals surface area contributed by atoms with E-state index in [1.165, 1.54) is 12.8 Å². The molecule has 2 N–H and O–H groups in total. The number of piperidine rings is 1. The van der Waals surface area contributed by atoms with Crippen LogP contribution in [0.5, 0.6) is 0 Å². The smallest absolute Gasteiger partial charge is 0.129 e. The number of aromatic nitrogens is 1. The van der Waals surface area contributed by atoms with E-state index in [-0.39, 0.29) is 0 Å². The second kappa shape index (κ2) is 4.75. The molecule has 0 bridgehead atoms. The Balaban J connectivity index is 1.99. The van der Waals surface area contributed by atoms with Gasteiger partial charge in [0.2, 0.25) is 0 Å². The molecule has 0 atom stereocenters. The average Bonchev–Trinajstić information content (AvgIpc) is 2.23. The van der Waals surface area contributed by atoms with Crippen LogP contribution >= 0.6 is 15.9 Å². The van der Waals surface area contributed by atoms with Crippen LogP contribution in [-0.4, -0.2) is 24.1 Å². The van der Waals surface area contributed by atoms with E-state index in [2.05, 4.69) is 37.6 Å². The molecule has 0 saturated carbocycles. The fourth-order valence-electron chi connectivity index (χ4n) is 1.68. The lowest BCUT2D eigenvalue weighted by molar-refractivity contribution is 0.479. The summed E-state index contributed by atoms with van der Waals surface area (Å²) in [5, 5.41) is 6.85. The summed E-state index contributed by atoms with van der Waals surface area (Å²) < 4.78 is 0.901. The molecule has 3 nitrogen and oxygen atoms in total. The largest absolute Gasteiger partial charge is 0.380 e. The molecular weight excluding hydrogens is 242 g/mol. The van der Waals surface area contributed by atoms with E-state index in [1.807, 2.05) is 6.07 Å². The minimum atomic E-state index is 0.580. The van der Waals surface area contributed by atoms with Crippen molar-refractivity contribution in [3.63, 3.8) is 0 Å². The third kappa shape index (κ3) is 2.45. The molecule has 0 unspecified atom stereocenters. The van der Waals surface area contributed by atoms with Gasteiger partial charge in [-0.05, 0) is 54.0 Å². The van der Waals surface area contributed by atoms with Gasteiger partial charge >= 0.3 is 0 Å². The Kier molecular flexibility index (Phi) is 3.37. The van der Waals surface area contributed by atoms with Gasteiger partial charge in [-0.3, -0.25) is 0 Å². The van der Waals surface area contributed by atoms with Crippen LogP contribution in [0.4, 0.5) is 5.69 Å². The summed E-state index contributed by atoms with van der Waals surface area (Å²) in [6.07, 6.45) is 4.15. The van der Waals surface area contributed by atoms with Gasteiger partial charge < -0.3 is 10.6 Å². The third-order valence-electron chi connectivity index (χ3n) is 2.46. The topological polar surface area (TPSA) is 37.0 Å². The molecule has 1 saturated heterocycles. The highest BCUT2D eigenvalue weighted by Crippen LogP contribution is 2.20. The van der Waals surface area contributed by atoms with Gasteiger partial charge in [-0.15, -0.1) is 0 Å². The van der Waals surface area contributed by atoms with Gasteiger partial charge in [-0.1, -0.05) is 0 Å². The first kappa shape index (κ1) is 9.93. The molecule has 1 aromatic heterocycles. The van der Waals surface area contributed by atoms with Crippen molar-refractivity contribution in [1.82, 2.24) is 10.3 Å². The maximum Gasteiger partial charge on any atom is 0.129 e. The zero-order valence-corrected chi connectivity index (χ0v) is 9.55. The van der Waals surface area contributed by atoms with Crippen molar-refractivity contribution in [2.24, 2.45) is 0 Å². The molecule has 1 aliphatic rings. The first-order valence-corrected chi connectivity index (χ1v) is 5.73. The third-order valence-corrected chi connectivity index (χ3v) is 3.09. The Hall–Kier alpha value is -0.610. The minimum absolute atomic E-state index is 0.580. The quantitative estimate of drug-likeness (QED) is 0.795. The van der Waals surface area contributed by atoms with Gasteiger partial charge in [0.1, 0.15) is 4.60 Å². The van der Waals surface area contributed by atoms with Crippen molar-refractivity contribution < 1.29 is 0 Å². The summed E-state index contributed by atoms with van der Waals surface area (Å²) in [5.41, 5.74) is 1.10. The van der Waals surface area contributed by atoms with Crippen LogP contribution in [0.1, 0.15) is 12.8 Å². The first-order valence-electron chi connectivity index (χ1n) is 4.94. The number of rotatable bonds is 2. The zero-order chi connectivity index (χ0) is 9.80. The molecule has 0 aliphatic carbocycles. The molecule has 4 heteroatoms. The standard InChI is InChI=1S/C10H14BrN3/c11-10-9(2-1-5-13-10)14-8-3-6-12-7-4-8/h1-2,5,8,12,14H,3-4,6-7H2. The zero-order valence-electron chi connectivity index (χ0n) is 7.96. The Labute approximate surface area is 92.4 Å². The number of pyridine rings is 1. The molecule has 1 fully saturated rings. The van der Waals surface area contributed by atoms with E-state index in [9.17, 15) is 0 Å². The van der Waals surface area contributed by atoms with E-state index in [0.29, 0.717) is 6.04 Å². The van der Waals surface area contributed by atoms with Gasteiger partial charge in [-0.2, -0.15) is 0 Å². The van der Waals surface area contributed by atoms with Crippen LogP contribution in [0, 0.1) is 0 Å². The van der Waals surface area contributed by atoms with Crippen LogP contribution in [0.2, 0.25) is 0 Å². The molecule has 0 amide bonds. The lowest BCUT2D eigenvalue weighted by Crippen LogP contribution is -2.35. The fraction of sp³-hybridized carbons (Fsp3) is 0.500. The summed E-state index contributed by atoms with van der Waals surface area (Å²) in [6, 6.07) is 4.59. The van der Waals surface area contributed by atoms with Crippen molar-refractivity contribution in [2.75, 3.05) is 18.4 Å². The number of nitrogens with zero attached hydrogens (tertiary/aromatic N) is 1. The molecule has 0 spiro atoms. The highest BCUT2D eigenvalue weighted by Gasteiger charge is 2.13. The molecule has 0 radical (unpaired) electrons. The molecule has 0 aromatic carbocycles. The SMILES string of the molecule is Brc1ncccc1NC1CCNCC1. The minimum Gasteiger partial charge on any atom is -0.380 e. The number of halogens is 1. The van der Waals surface area contributed by atoms with Gasteiger partial charge in [0.15, 0.2) is 0 Å². The fourth-order valence-corrected chi connectivity index (χ4v) is 2.04. The second-order valence-electron chi connectivity index (χ2n) is 3.51. The first-order chi connectivity index (χ1) is 6.86. The van der Waals surface area contributed by atoms with Crippen molar-refractivity contribution >= 4 is 21.6 Å². The molecular formula is C10H14BrN3. The van der Waals surface area contributed by atoms with E-state index in [0.717, 1.165) is 23.4 Å². The van der Waals surface area contributed by atoms with E-state index >= 15 is 0 Å². The Morgan fingerprint density at radius 3 is 2.93 bits per heavy atom. The lowest BCUT2D eigenvalue weighted by atomic mass is 10.1. The van der Waals surface area contributed by atoms with Crippen molar-refractivity contribution in [3.05, 3.63) is 22.9 Å². The Bertz CT molecular complexity index is 297. The predicted molar refractivity (Wildman–Crippen MR) is 61.5 cm³/mol. The van der Waals surface area contributed by atoms with E-state index < -0.39 is 0 Å². The summed E-state index contributed by atoms with van der Waals surface area (Å²) in [6.45, 7) is 2.21. The van der Waals surface area contributed by atoms with Gasteiger partial charge in [0.05, 0.1) is 5.69 Å². The Morgan fingerprint density at radius 1 is 1.43 bits per heavy atom. The van der Waals surface area contributed by atoms with Crippen molar-refractivity contribution in [3.8, 4) is 0 Å². The monoisotopic (exact) mass is 255 g/mol. The van der Waals surface area contributed by atoms with Crippen LogP contribution in [0.3, 0.4) is 0 Å². The number of hydrogen-bond donors (Lipinski definition) is 2. The number of hydrogen-bond acceptors (Lipinski definition) is 3. The maximum absolute atomic E-state index is 4.18. The average molecular weight is 256 g/mol. The number of nitrogens with one attached hydrogen (secondary N) is 2. The highest BCUT2D eigenvalue weighted by atomic mass is 79.9. The van der Waals surface area contributed by atoms with E-state index in [1.54, 1.807) is 6.20 Å². The van der Waals surface area contributed by atoms with Crippen molar-refractivity contribution in [1.29, 1.82) is 0 Å². The van der Waals surface area contributed by atoms with Crippen LogP contribution in [0.25, 0.3) is 0 Å². The number of anilines is 1. The summed E-state index contributed by atoms with van der Waals surface area (Å²) in [7, 11) is 0. The van der Waals surface area contributed by atoms with Crippen LogP contribution in [0.15, 0.2) is 22.9 Å². The summed E-state index contributed by atoms with van der Waals surface area (Å²) in [4.78, 5) is 4.18. The second-order valence-corrected chi connectivity index (χ2v) is 4.26. The normalized spacial score (nSPS) is 18.1. The maximum atomic E-state index is 4.18. The molecule has 1 aromatic rings. The molecule has 2 rings (SSSR count). The predicted octanol–water partition coefficient (Wildman–Crippen LogP) is 2.01. The van der Waals surface area contributed by atoms with Crippen LogP contribution in [-0.2, 0) is 0 Å². The summed E-state index contributed by atoms with van der Waals surface area (Å²) in [5.74, 6) is 0. The van der Waals surface area contributed by atoms with Gasteiger partial charge in [-0.25, -0.2) is 4.98 Å². The van der Waals surface area contributed by atoms with Gasteiger partial charge in [0, 0.05) is 12.2 Å². The lowest BCUT2D eigenvalue weighted by Gasteiger charge is -2.24.